The molecule has 0 radical (unpaired) electrons. The van der Waals surface area contributed by atoms with Gasteiger partial charge in [0.05, 0.1) is 11.9 Å². The normalized spacial score (nSPS) is 11.1. The second-order valence-electron chi connectivity index (χ2n) is 4.87. The lowest BCUT2D eigenvalue weighted by Gasteiger charge is -2.11. The highest BCUT2D eigenvalue weighted by molar-refractivity contribution is 9.10. The summed E-state index contributed by atoms with van der Waals surface area (Å²) in [4.78, 5) is 12.1. The fourth-order valence-electron chi connectivity index (χ4n) is 1.59. The van der Waals surface area contributed by atoms with Crippen LogP contribution in [0.15, 0.2) is 15.5 Å². The molecule has 0 amide bonds. The van der Waals surface area contributed by atoms with E-state index < -0.39 is 0 Å². The number of halogens is 1. The summed E-state index contributed by atoms with van der Waals surface area (Å²) in [6, 6.07) is 0. The zero-order valence-electron chi connectivity index (χ0n) is 11.9. The highest BCUT2D eigenvalue weighted by Gasteiger charge is 2.09. The molecule has 1 heterocycles. The van der Waals surface area contributed by atoms with E-state index in [0.29, 0.717) is 16.9 Å². The van der Waals surface area contributed by atoms with Gasteiger partial charge < -0.3 is 10.4 Å². The maximum absolute atomic E-state index is 12.1. The van der Waals surface area contributed by atoms with E-state index >= 15 is 0 Å². The maximum atomic E-state index is 12.1. The average molecular weight is 364 g/mol. The van der Waals surface area contributed by atoms with Crippen LogP contribution in [0, 0.1) is 5.92 Å². The summed E-state index contributed by atoms with van der Waals surface area (Å²) in [5.74, 6) is 2.27. The Morgan fingerprint density at radius 2 is 2.25 bits per heavy atom. The Morgan fingerprint density at radius 3 is 2.90 bits per heavy atom. The third-order valence-electron chi connectivity index (χ3n) is 2.53. The van der Waals surface area contributed by atoms with Crippen molar-refractivity contribution in [1.29, 1.82) is 0 Å². The lowest BCUT2D eigenvalue weighted by Crippen LogP contribution is -2.26. The quantitative estimate of drug-likeness (QED) is 0.658. The molecule has 0 bridgehead atoms. The van der Waals surface area contributed by atoms with Crippen LogP contribution in [0.25, 0.3) is 0 Å². The number of aliphatic hydroxyl groups is 1. The molecule has 1 rings (SSSR count). The Morgan fingerprint density at radius 1 is 1.50 bits per heavy atom. The van der Waals surface area contributed by atoms with Crippen molar-refractivity contribution in [3.63, 3.8) is 0 Å². The van der Waals surface area contributed by atoms with Crippen LogP contribution in [0.3, 0.4) is 0 Å². The Kier molecular flexibility index (Phi) is 8.25. The molecule has 0 aliphatic heterocycles. The van der Waals surface area contributed by atoms with Crippen LogP contribution in [-0.4, -0.2) is 39.5 Å². The van der Waals surface area contributed by atoms with Gasteiger partial charge in [0.1, 0.15) is 4.47 Å². The number of anilines is 1. The van der Waals surface area contributed by atoms with Crippen molar-refractivity contribution in [2.75, 3.05) is 30.0 Å². The molecular weight excluding hydrogens is 342 g/mol. The van der Waals surface area contributed by atoms with Gasteiger partial charge in [0, 0.05) is 25.4 Å². The molecule has 1 aromatic heterocycles. The number of hydrogen-bond donors (Lipinski definition) is 2. The molecule has 0 atom stereocenters. The lowest BCUT2D eigenvalue weighted by atomic mass is 10.2. The molecule has 0 aliphatic rings. The number of rotatable bonds is 9. The molecule has 0 aliphatic carbocycles. The minimum Gasteiger partial charge on any atom is -0.396 e. The Labute approximate surface area is 132 Å². The van der Waals surface area contributed by atoms with Crippen LogP contribution in [-0.2, 0) is 6.54 Å². The van der Waals surface area contributed by atoms with Gasteiger partial charge in [-0.05, 0) is 34.0 Å². The average Bonchev–Trinajstić information content (AvgIpc) is 2.41. The van der Waals surface area contributed by atoms with Crippen molar-refractivity contribution in [2.24, 2.45) is 5.92 Å². The molecule has 114 valence electrons. The van der Waals surface area contributed by atoms with Gasteiger partial charge in [-0.3, -0.25) is 4.79 Å². The molecule has 5 nitrogen and oxygen atoms in total. The smallest absolute Gasteiger partial charge is 0.283 e. The molecule has 1 aromatic rings. The molecule has 0 spiro atoms. The Balaban J connectivity index is 2.51. The Hall–Kier alpha value is -0.530. The van der Waals surface area contributed by atoms with E-state index in [1.807, 2.05) is 0 Å². The first-order valence-electron chi connectivity index (χ1n) is 6.74. The van der Waals surface area contributed by atoms with E-state index in [1.54, 1.807) is 18.0 Å². The van der Waals surface area contributed by atoms with E-state index in [1.165, 1.54) is 4.68 Å². The molecule has 0 saturated carbocycles. The first kappa shape index (κ1) is 17.5. The van der Waals surface area contributed by atoms with Gasteiger partial charge in [0.15, 0.2) is 0 Å². The summed E-state index contributed by atoms with van der Waals surface area (Å²) >= 11 is 5.12. The SMILES string of the molecule is CC(C)Cn1ncc(NCCSCCCO)c(Br)c1=O. The molecule has 0 aromatic carbocycles. The van der Waals surface area contributed by atoms with Crippen molar-refractivity contribution in [1.82, 2.24) is 9.78 Å². The first-order chi connectivity index (χ1) is 9.56. The van der Waals surface area contributed by atoms with Crippen LogP contribution < -0.4 is 10.9 Å². The van der Waals surface area contributed by atoms with Crippen molar-refractivity contribution in [3.05, 3.63) is 21.0 Å². The summed E-state index contributed by atoms with van der Waals surface area (Å²) in [6.07, 6.45) is 2.51. The van der Waals surface area contributed by atoms with Crippen molar-refractivity contribution < 1.29 is 5.11 Å². The third-order valence-corrected chi connectivity index (χ3v) is 4.37. The van der Waals surface area contributed by atoms with E-state index in [4.69, 9.17) is 5.11 Å². The summed E-state index contributed by atoms with van der Waals surface area (Å²) in [5, 5.41) is 16.1. The van der Waals surface area contributed by atoms with Crippen LogP contribution in [0.4, 0.5) is 5.69 Å². The summed E-state index contributed by atoms with van der Waals surface area (Å²) in [5.41, 5.74) is 0.634. The molecular formula is C13H22BrN3O2S. The van der Waals surface area contributed by atoms with E-state index in [-0.39, 0.29) is 12.2 Å². The fraction of sp³-hybridized carbons (Fsp3) is 0.692. The third kappa shape index (κ3) is 5.85. The van der Waals surface area contributed by atoms with Gasteiger partial charge in [-0.15, -0.1) is 0 Å². The predicted octanol–water partition coefficient (Wildman–Crippen LogP) is 2.19. The standard InChI is InChI=1S/C13H22BrN3O2S/c1-10(2)9-17-13(19)12(14)11(8-16-17)15-4-7-20-6-3-5-18/h8,10,15,18H,3-7,9H2,1-2H3. The maximum Gasteiger partial charge on any atom is 0.283 e. The zero-order valence-corrected chi connectivity index (χ0v) is 14.3. The molecule has 20 heavy (non-hydrogen) atoms. The largest absolute Gasteiger partial charge is 0.396 e. The summed E-state index contributed by atoms with van der Waals surface area (Å²) < 4.78 is 2.02. The van der Waals surface area contributed by atoms with Crippen LogP contribution in [0.1, 0.15) is 20.3 Å². The molecule has 0 unspecified atom stereocenters. The number of aliphatic hydroxyl groups excluding tert-OH is 1. The molecule has 0 saturated heterocycles. The number of thioether (sulfide) groups is 1. The number of nitrogens with zero attached hydrogens (tertiary/aromatic N) is 2. The first-order valence-corrected chi connectivity index (χ1v) is 8.69. The predicted molar refractivity (Wildman–Crippen MR) is 88.6 cm³/mol. The number of hydrogen-bond acceptors (Lipinski definition) is 5. The van der Waals surface area contributed by atoms with E-state index in [2.05, 4.69) is 40.2 Å². The minimum atomic E-state index is -0.100. The van der Waals surface area contributed by atoms with E-state index in [9.17, 15) is 4.79 Å². The summed E-state index contributed by atoms with van der Waals surface area (Å²) in [7, 11) is 0. The second kappa shape index (κ2) is 9.41. The number of aromatic nitrogens is 2. The van der Waals surface area contributed by atoms with Gasteiger partial charge in [-0.1, -0.05) is 13.8 Å². The van der Waals surface area contributed by atoms with E-state index in [0.717, 1.165) is 30.2 Å². The lowest BCUT2D eigenvalue weighted by molar-refractivity contribution is 0.296. The van der Waals surface area contributed by atoms with Crippen molar-refractivity contribution >= 4 is 33.4 Å². The number of nitrogens with one attached hydrogen (secondary N) is 1. The van der Waals surface area contributed by atoms with Crippen LogP contribution >= 0.6 is 27.7 Å². The zero-order chi connectivity index (χ0) is 15.0. The molecule has 2 N–H and O–H groups in total. The highest BCUT2D eigenvalue weighted by Crippen LogP contribution is 2.16. The monoisotopic (exact) mass is 363 g/mol. The molecule has 7 heteroatoms. The highest BCUT2D eigenvalue weighted by atomic mass is 79.9. The van der Waals surface area contributed by atoms with Gasteiger partial charge >= 0.3 is 0 Å². The Bertz CT molecular complexity index is 465. The molecule has 0 fully saturated rings. The van der Waals surface area contributed by atoms with Gasteiger partial charge in [-0.25, -0.2) is 4.68 Å². The summed E-state index contributed by atoms with van der Waals surface area (Å²) in [6.45, 7) is 5.73. The van der Waals surface area contributed by atoms with Crippen LogP contribution in [0.2, 0.25) is 0 Å². The fourth-order valence-corrected chi connectivity index (χ4v) is 2.82. The minimum absolute atomic E-state index is 0.100. The topological polar surface area (TPSA) is 67.2 Å². The van der Waals surface area contributed by atoms with Crippen molar-refractivity contribution in [2.45, 2.75) is 26.8 Å². The van der Waals surface area contributed by atoms with Gasteiger partial charge in [0.25, 0.3) is 5.56 Å². The van der Waals surface area contributed by atoms with Gasteiger partial charge in [-0.2, -0.15) is 16.9 Å². The second-order valence-corrected chi connectivity index (χ2v) is 6.89. The van der Waals surface area contributed by atoms with Crippen LogP contribution in [0.5, 0.6) is 0 Å². The van der Waals surface area contributed by atoms with Gasteiger partial charge in [0.2, 0.25) is 0 Å². The van der Waals surface area contributed by atoms with Crippen molar-refractivity contribution in [3.8, 4) is 0 Å².